The summed E-state index contributed by atoms with van der Waals surface area (Å²) in [6, 6.07) is 14.0. The van der Waals surface area contributed by atoms with Crippen LogP contribution in [-0.4, -0.2) is 37.9 Å². The summed E-state index contributed by atoms with van der Waals surface area (Å²) in [6.45, 7) is 3.44. The summed E-state index contributed by atoms with van der Waals surface area (Å²) in [5.74, 6) is -0.574. The highest BCUT2D eigenvalue weighted by molar-refractivity contribution is 9.10. The summed E-state index contributed by atoms with van der Waals surface area (Å²) >= 11 is 15.5. The fraction of sp³-hybridized carbons (Fsp3) is 0.182. The lowest BCUT2D eigenvalue weighted by Gasteiger charge is -2.21. The van der Waals surface area contributed by atoms with E-state index in [9.17, 15) is 13.2 Å². The van der Waals surface area contributed by atoms with Gasteiger partial charge >= 0.3 is 0 Å². The molecule has 0 spiro atoms. The van der Waals surface area contributed by atoms with Crippen molar-refractivity contribution in [2.75, 3.05) is 17.1 Å². The van der Waals surface area contributed by atoms with E-state index in [-0.39, 0.29) is 0 Å². The van der Waals surface area contributed by atoms with Gasteiger partial charge in [-0.1, -0.05) is 45.2 Å². The smallest absolute Gasteiger partial charge is 0.260 e. The number of anilines is 1. The molecule has 174 valence electrons. The fourth-order valence-corrected chi connectivity index (χ4v) is 4.84. The van der Waals surface area contributed by atoms with Gasteiger partial charge in [0.25, 0.3) is 5.91 Å². The van der Waals surface area contributed by atoms with E-state index < -0.39 is 22.5 Å². The molecule has 3 aromatic rings. The standard InChI is InChI=1S/C22H21BrCl2N4O3S/c1-14-9-16(15(2)29(14)19-7-8-20(24)21(25)11-19)12-26-27-22(30)13-28(33(3,31)32)18-6-4-5-17(23)10-18/h4-12H,13H2,1-3H3,(H,27,30)/b26-12+. The molecule has 2 aromatic carbocycles. The Labute approximate surface area is 211 Å². The molecule has 0 radical (unpaired) electrons. The van der Waals surface area contributed by atoms with Gasteiger partial charge < -0.3 is 4.57 Å². The molecule has 0 aliphatic heterocycles. The molecule has 3 rings (SSSR count). The Morgan fingerprint density at radius 2 is 1.88 bits per heavy atom. The van der Waals surface area contributed by atoms with Gasteiger partial charge in [-0.25, -0.2) is 13.8 Å². The zero-order valence-corrected chi connectivity index (χ0v) is 21.9. The minimum absolute atomic E-state index is 0.371. The quantitative estimate of drug-likeness (QED) is 0.317. The van der Waals surface area contributed by atoms with Gasteiger partial charge in [-0.15, -0.1) is 0 Å². The Hall–Kier alpha value is -2.33. The van der Waals surface area contributed by atoms with E-state index in [1.807, 2.05) is 30.5 Å². The number of carbonyl (C=O) groups excluding carboxylic acids is 1. The number of nitrogens with zero attached hydrogens (tertiary/aromatic N) is 3. The second-order valence-corrected chi connectivity index (χ2v) is 10.9. The summed E-state index contributed by atoms with van der Waals surface area (Å²) in [5.41, 5.74) is 6.22. The number of aromatic nitrogens is 1. The highest BCUT2D eigenvalue weighted by Crippen LogP contribution is 2.27. The predicted molar refractivity (Wildman–Crippen MR) is 137 cm³/mol. The van der Waals surface area contributed by atoms with Crippen molar-refractivity contribution >= 4 is 67.0 Å². The van der Waals surface area contributed by atoms with Crippen LogP contribution in [0.4, 0.5) is 5.69 Å². The summed E-state index contributed by atoms with van der Waals surface area (Å²) in [4.78, 5) is 12.4. The topological polar surface area (TPSA) is 83.8 Å². The van der Waals surface area contributed by atoms with Gasteiger partial charge in [0.15, 0.2) is 0 Å². The molecular weight excluding hydrogens is 551 g/mol. The lowest BCUT2D eigenvalue weighted by molar-refractivity contribution is -0.119. The first-order chi connectivity index (χ1) is 15.5. The highest BCUT2D eigenvalue weighted by Gasteiger charge is 2.21. The fourth-order valence-electron chi connectivity index (χ4n) is 3.31. The average Bonchev–Trinajstić information content (AvgIpc) is 3.00. The Bertz CT molecular complexity index is 1340. The first kappa shape index (κ1) is 25.3. The van der Waals surface area contributed by atoms with Crippen LogP contribution in [0.1, 0.15) is 17.0 Å². The zero-order valence-electron chi connectivity index (χ0n) is 18.0. The van der Waals surface area contributed by atoms with Crippen LogP contribution in [0.3, 0.4) is 0 Å². The summed E-state index contributed by atoms with van der Waals surface area (Å²) < 4.78 is 28.1. The number of hydrogen-bond donors (Lipinski definition) is 1. The number of rotatable bonds is 7. The Kier molecular flexibility index (Phi) is 7.89. The van der Waals surface area contributed by atoms with Crippen LogP contribution in [0.5, 0.6) is 0 Å². The minimum atomic E-state index is -3.68. The Morgan fingerprint density at radius 1 is 1.15 bits per heavy atom. The van der Waals surface area contributed by atoms with E-state index >= 15 is 0 Å². The van der Waals surface area contributed by atoms with Gasteiger partial charge in [-0.2, -0.15) is 5.10 Å². The third kappa shape index (κ3) is 6.17. The van der Waals surface area contributed by atoms with Crippen LogP contribution in [0.15, 0.2) is 58.1 Å². The predicted octanol–water partition coefficient (Wildman–Crippen LogP) is 5.08. The maximum absolute atomic E-state index is 12.4. The number of carbonyl (C=O) groups is 1. The van der Waals surface area contributed by atoms with Crippen molar-refractivity contribution in [1.29, 1.82) is 0 Å². The van der Waals surface area contributed by atoms with E-state index in [0.717, 1.165) is 33.2 Å². The van der Waals surface area contributed by atoms with Crippen LogP contribution in [0.2, 0.25) is 10.0 Å². The lowest BCUT2D eigenvalue weighted by Crippen LogP contribution is -2.39. The van der Waals surface area contributed by atoms with Crippen LogP contribution < -0.4 is 9.73 Å². The number of halogens is 3. The maximum Gasteiger partial charge on any atom is 0.260 e. The molecule has 0 unspecified atom stereocenters. The molecule has 0 saturated heterocycles. The molecule has 1 aromatic heterocycles. The third-order valence-electron chi connectivity index (χ3n) is 4.81. The number of aryl methyl sites for hydroxylation is 1. The van der Waals surface area contributed by atoms with E-state index in [1.165, 1.54) is 6.21 Å². The zero-order chi connectivity index (χ0) is 24.3. The second-order valence-electron chi connectivity index (χ2n) is 7.30. The van der Waals surface area contributed by atoms with Crippen LogP contribution in [0.25, 0.3) is 5.69 Å². The molecule has 0 aliphatic carbocycles. The molecule has 0 bridgehead atoms. The van der Waals surface area contributed by atoms with E-state index in [1.54, 1.807) is 36.4 Å². The normalized spacial score (nSPS) is 11.7. The second kappa shape index (κ2) is 10.3. The molecule has 0 fully saturated rings. The third-order valence-corrected chi connectivity index (χ3v) is 7.18. The first-order valence-electron chi connectivity index (χ1n) is 9.67. The number of sulfonamides is 1. The van der Waals surface area contributed by atoms with Crippen molar-refractivity contribution in [1.82, 2.24) is 9.99 Å². The Morgan fingerprint density at radius 3 is 2.52 bits per heavy atom. The number of benzene rings is 2. The molecule has 11 heteroatoms. The average molecular weight is 572 g/mol. The molecule has 1 heterocycles. The van der Waals surface area contributed by atoms with Crippen molar-refractivity contribution in [3.05, 3.63) is 80.0 Å². The lowest BCUT2D eigenvalue weighted by atomic mass is 10.2. The van der Waals surface area contributed by atoms with Crippen molar-refractivity contribution in [3.63, 3.8) is 0 Å². The van der Waals surface area contributed by atoms with Gasteiger partial charge in [0.05, 0.1) is 28.2 Å². The minimum Gasteiger partial charge on any atom is -0.318 e. The molecule has 33 heavy (non-hydrogen) atoms. The molecule has 7 nitrogen and oxygen atoms in total. The van der Waals surface area contributed by atoms with E-state index in [0.29, 0.717) is 20.2 Å². The molecule has 1 N–H and O–H groups in total. The van der Waals surface area contributed by atoms with Crippen molar-refractivity contribution in [3.8, 4) is 5.69 Å². The monoisotopic (exact) mass is 570 g/mol. The van der Waals surface area contributed by atoms with Crippen molar-refractivity contribution in [2.45, 2.75) is 13.8 Å². The van der Waals surface area contributed by atoms with Crippen molar-refractivity contribution < 1.29 is 13.2 Å². The molecular formula is C22H21BrCl2N4O3S. The molecule has 1 amide bonds. The van der Waals surface area contributed by atoms with Crippen LogP contribution in [-0.2, 0) is 14.8 Å². The van der Waals surface area contributed by atoms with Gasteiger partial charge in [0, 0.05) is 27.1 Å². The largest absolute Gasteiger partial charge is 0.318 e. The Balaban J connectivity index is 1.75. The first-order valence-corrected chi connectivity index (χ1v) is 13.1. The molecule has 0 atom stereocenters. The maximum atomic E-state index is 12.4. The van der Waals surface area contributed by atoms with E-state index in [4.69, 9.17) is 23.2 Å². The molecule has 0 aliphatic rings. The van der Waals surface area contributed by atoms with Crippen LogP contribution in [0, 0.1) is 13.8 Å². The highest BCUT2D eigenvalue weighted by atomic mass is 79.9. The SMILES string of the molecule is Cc1cc(/C=N/NC(=O)CN(c2cccc(Br)c2)S(C)(=O)=O)c(C)n1-c1ccc(Cl)c(Cl)c1. The number of hydrazone groups is 1. The van der Waals surface area contributed by atoms with E-state index in [2.05, 4.69) is 26.5 Å². The van der Waals surface area contributed by atoms with Gasteiger partial charge in [-0.05, 0) is 56.3 Å². The van der Waals surface area contributed by atoms with Gasteiger partial charge in [0.1, 0.15) is 6.54 Å². The van der Waals surface area contributed by atoms with Gasteiger partial charge in [0.2, 0.25) is 10.0 Å². The number of amides is 1. The number of hydrogen-bond acceptors (Lipinski definition) is 4. The summed E-state index contributed by atoms with van der Waals surface area (Å²) in [6.07, 6.45) is 2.56. The van der Waals surface area contributed by atoms with Crippen molar-refractivity contribution in [2.24, 2.45) is 5.10 Å². The van der Waals surface area contributed by atoms with Crippen LogP contribution >= 0.6 is 39.1 Å². The summed E-state index contributed by atoms with van der Waals surface area (Å²) in [5, 5.41) is 4.93. The number of nitrogens with one attached hydrogen (secondary N) is 1. The summed E-state index contributed by atoms with van der Waals surface area (Å²) in [7, 11) is -3.68. The van der Waals surface area contributed by atoms with Gasteiger partial charge in [-0.3, -0.25) is 9.10 Å². The molecule has 0 saturated carbocycles.